The fraction of sp³-hybridized carbons (Fsp3) is 0.333. The number of halogens is 1. The highest BCUT2D eigenvalue weighted by atomic mass is 32.2. The Morgan fingerprint density at radius 1 is 1.47 bits per heavy atom. The second kappa shape index (κ2) is 4.59. The van der Waals surface area contributed by atoms with Crippen LogP contribution in [0.1, 0.15) is 5.56 Å². The van der Waals surface area contributed by atoms with Gasteiger partial charge in [0.25, 0.3) is 0 Å². The zero-order chi connectivity index (χ0) is 11.5. The molecule has 0 amide bonds. The van der Waals surface area contributed by atoms with Crippen LogP contribution in [0.15, 0.2) is 18.2 Å². The van der Waals surface area contributed by atoms with Crippen molar-refractivity contribution in [2.75, 3.05) is 17.0 Å². The highest BCUT2D eigenvalue weighted by Crippen LogP contribution is 2.16. The van der Waals surface area contributed by atoms with Crippen molar-refractivity contribution < 1.29 is 12.8 Å². The summed E-state index contributed by atoms with van der Waals surface area (Å²) in [5, 5.41) is 0. The summed E-state index contributed by atoms with van der Waals surface area (Å²) in [6, 6.07) is 4.22. The van der Waals surface area contributed by atoms with E-state index in [0.717, 1.165) is 5.56 Å². The van der Waals surface area contributed by atoms with Crippen molar-refractivity contribution in [3.05, 3.63) is 29.6 Å². The van der Waals surface area contributed by atoms with Crippen molar-refractivity contribution in [2.45, 2.75) is 6.92 Å². The smallest absolute Gasteiger partial charge is 0.234 e. The lowest BCUT2D eigenvalue weighted by molar-refractivity contribution is 0.598. The largest absolute Gasteiger partial charge is 0.329 e. The second-order valence-electron chi connectivity index (χ2n) is 3.19. The average Bonchev–Trinajstić information content (AvgIpc) is 2.10. The number of sulfonamides is 1. The molecule has 84 valence electrons. The number of anilines is 1. The molecule has 0 aliphatic rings. The topological polar surface area (TPSA) is 72.2 Å². The van der Waals surface area contributed by atoms with Crippen molar-refractivity contribution in [3.8, 4) is 0 Å². The van der Waals surface area contributed by atoms with Crippen LogP contribution in [0.25, 0.3) is 0 Å². The number of nitrogens with two attached hydrogens (primary N) is 1. The fourth-order valence-electron chi connectivity index (χ4n) is 1.09. The van der Waals surface area contributed by atoms with Crippen LogP contribution >= 0.6 is 0 Å². The van der Waals surface area contributed by atoms with E-state index < -0.39 is 15.8 Å². The molecular formula is C9H13FN2O2S. The molecule has 1 aromatic carbocycles. The van der Waals surface area contributed by atoms with Gasteiger partial charge in [0.2, 0.25) is 10.0 Å². The molecule has 0 aliphatic heterocycles. The highest BCUT2D eigenvalue weighted by molar-refractivity contribution is 7.92. The molecule has 6 heteroatoms. The monoisotopic (exact) mass is 232 g/mol. The van der Waals surface area contributed by atoms with Gasteiger partial charge >= 0.3 is 0 Å². The normalized spacial score (nSPS) is 11.4. The maximum atomic E-state index is 13.2. The van der Waals surface area contributed by atoms with Crippen LogP contribution < -0.4 is 10.5 Å². The number of hydrogen-bond donors (Lipinski definition) is 2. The van der Waals surface area contributed by atoms with Gasteiger partial charge < -0.3 is 5.73 Å². The molecule has 0 unspecified atom stereocenters. The summed E-state index contributed by atoms with van der Waals surface area (Å²) in [6.45, 7) is 1.75. The molecular weight excluding hydrogens is 219 g/mol. The van der Waals surface area contributed by atoms with E-state index in [9.17, 15) is 12.8 Å². The summed E-state index contributed by atoms with van der Waals surface area (Å²) in [4.78, 5) is 0. The number of benzene rings is 1. The SMILES string of the molecule is Cc1ccc(F)c(NS(=O)(=O)CCN)c1. The Hall–Kier alpha value is -1.14. The maximum Gasteiger partial charge on any atom is 0.234 e. The van der Waals surface area contributed by atoms with Gasteiger partial charge in [-0.25, -0.2) is 12.8 Å². The maximum absolute atomic E-state index is 13.2. The van der Waals surface area contributed by atoms with Crippen LogP contribution in [0, 0.1) is 12.7 Å². The molecule has 0 saturated heterocycles. The van der Waals surface area contributed by atoms with Gasteiger partial charge in [0.05, 0.1) is 11.4 Å². The molecule has 1 aromatic rings. The molecule has 4 nitrogen and oxygen atoms in total. The Balaban J connectivity index is 2.94. The average molecular weight is 232 g/mol. The minimum atomic E-state index is -3.54. The van der Waals surface area contributed by atoms with Crippen molar-refractivity contribution in [2.24, 2.45) is 5.73 Å². The van der Waals surface area contributed by atoms with E-state index in [0.29, 0.717) is 0 Å². The van der Waals surface area contributed by atoms with Crippen LogP contribution in [0.4, 0.5) is 10.1 Å². The first-order chi connectivity index (χ1) is 6.94. The molecule has 0 aliphatic carbocycles. The van der Waals surface area contributed by atoms with Gasteiger partial charge in [0.1, 0.15) is 5.82 Å². The Morgan fingerprint density at radius 2 is 2.13 bits per heavy atom. The third-order valence-corrected chi connectivity index (χ3v) is 3.08. The lowest BCUT2D eigenvalue weighted by Crippen LogP contribution is -2.22. The first-order valence-electron chi connectivity index (χ1n) is 4.41. The lowest BCUT2D eigenvalue weighted by Gasteiger charge is -2.08. The Kier molecular flexibility index (Phi) is 3.65. The van der Waals surface area contributed by atoms with E-state index in [-0.39, 0.29) is 18.0 Å². The summed E-state index contributed by atoms with van der Waals surface area (Å²) >= 11 is 0. The number of rotatable bonds is 4. The summed E-state index contributed by atoms with van der Waals surface area (Å²) in [6.07, 6.45) is 0. The molecule has 0 saturated carbocycles. The lowest BCUT2D eigenvalue weighted by atomic mass is 10.2. The first kappa shape index (κ1) is 11.9. The molecule has 0 fully saturated rings. The van der Waals surface area contributed by atoms with Crippen LogP contribution in [0.5, 0.6) is 0 Å². The fourth-order valence-corrected chi connectivity index (χ4v) is 1.99. The van der Waals surface area contributed by atoms with Crippen molar-refractivity contribution in [1.29, 1.82) is 0 Å². The zero-order valence-electron chi connectivity index (χ0n) is 8.33. The standard InChI is InChI=1S/C9H13FN2O2S/c1-7-2-3-8(10)9(6-7)12-15(13,14)5-4-11/h2-3,6,12H,4-5,11H2,1H3. The Bertz CT molecular complexity index is 445. The third kappa shape index (κ3) is 3.49. The van der Waals surface area contributed by atoms with Crippen LogP contribution in [-0.4, -0.2) is 20.7 Å². The summed E-state index contributed by atoms with van der Waals surface area (Å²) in [5.74, 6) is -0.818. The van der Waals surface area contributed by atoms with Crippen LogP contribution in [0.3, 0.4) is 0 Å². The van der Waals surface area contributed by atoms with Gasteiger partial charge in [-0.15, -0.1) is 0 Å². The molecule has 3 N–H and O–H groups in total. The van der Waals surface area contributed by atoms with E-state index in [1.165, 1.54) is 12.1 Å². The molecule has 0 atom stereocenters. The molecule has 0 spiro atoms. The molecule has 1 rings (SSSR count). The Labute approximate surface area is 88.3 Å². The van der Waals surface area contributed by atoms with Gasteiger partial charge in [0.15, 0.2) is 0 Å². The van der Waals surface area contributed by atoms with Crippen molar-refractivity contribution in [1.82, 2.24) is 0 Å². The number of aryl methyl sites for hydroxylation is 1. The molecule has 0 aromatic heterocycles. The summed E-state index contributed by atoms with van der Waals surface area (Å²) < 4.78 is 37.9. The Morgan fingerprint density at radius 3 is 2.73 bits per heavy atom. The quantitative estimate of drug-likeness (QED) is 0.807. The van der Waals surface area contributed by atoms with Gasteiger partial charge in [-0.05, 0) is 24.6 Å². The van der Waals surface area contributed by atoms with E-state index in [1.54, 1.807) is 13.0 Å². The van der Waals surface area contributed by atoms with Gasteiger partial charge in [-0.2, -0.15) is 0 Å². The minimum absolute atomic E-state index is 0.00275. The third-order valence-electron chi connectivity index (χ3n) is 1.77. The van der Waals surface area contributed by atoms with Gasteiger partial charge in [-0.1, -0.05) is 6.07 Å². The predicted molar refractivity (Wildman–Crippen MR) is 57.6 cm³/mol. The molecule has 15 heavy (non-hydrogen) atoms. The molecule has 0 heterocycles. The van der Waals surface area contributed by atoms with Crippen molar-refractivity contribution >= 4 is 15.7 Å². The molecule has 0 bridgehead atoms. The van der Waals surface area contributed by atoms with Gasteiger partial charge in [0, 0.05) is 6.54 Å². The number of nitrogens with one attached hydrogen (secondary N) is 1. The van der Waals surface area contributed by atoms with Crippen molar-refractivity contribution in [3.63, 3.8) is 0 Å². The van der Waals surface area contributed by atoms with E-state index in [2.05, 4.69) is 4.72 Å². The van der Waals surface area contributed by atoms with E-state index >= 15 is 0 Å². The summed E-state index contributed by atoms with van der Waals surface area (Å²) in [7, 11) is -3.54. The van der Waals surface area contributed by atoms with E-state index in [1.807, 2.05) is 0 Å². The predicted octanol–water partition coefficient (Wildman–Crippen LogP) is 0.835. The van der Waals surface area contributed by atoms with E-state index in [4.69, 9.17) is 5.73 Å². The highest BCUT2D eigenvalue weighted by Gasteiger charge is 2.11. The second-order valence-corrected chi connectivity index (χ2v) is 5.03. The summed E-state index contributed by atoms with van der Waals surface area (Å²) in [5.41, 5.74) is 5.86. The minimum Gasteiger partial charge on any atom is -0.329 e. The van der Waals surface area contributed by atoms with Crippen LogP contribution in [0.2, 0.25) is 0 Å². The molecule has 0 radical (unpaired) electrons. The first-order valence-corrected chi connectivity index (χ1v) is 6.06. The number of hydrogen-bond acceptors (Lipinski definition) is 3. The van der Waals surface area contributed by atoms with Crippen LogP contribution in [-0.2, 0) is 10.0 Å². The zero-order valence-corrected chi connectivity index (χ0v) is 9.14. The van der Waals surface area contributed by atoms with Gasteiger partial charge in [-0.3, -0.25) is 4.72 Å².